The van der Waals surface area contributed by atoms with Crippen molar-refractivity contribution in [3.05, 3.63) is 62.6 Å². The van der Waals surface area contributed by atoms with Crippen LogP contribution in [0.5, 0.6) is 0 Å². The second kappa shape index (κ2) is 9.77. The minimum absolute atomic E-state index is 0.0556. The molecule has 1 atom stereocenters. The van der Waals surface area contributed by atoms with E-state index in [0.29, 0.717) is 12.8 Å². The van der Waals surface area contributed by atoms with Crippen LogP contribution in [0.1, 0.15) is 24.0 Å². The number of halogens is 6. The molecule has 0 aliphatic carbocycles. The Morgan fingerprint density at radius 2 is 1.75 bits per heavy atom. The van der Waals surface area contributed by atoms with Crippen LogP contribution in [-0.4, -0.2) is 31.7 Å². The van der Waals surface area contributed by atoms with E-state index >= 15 is 0 Å². The molecule has 1 saturated heterocycles. The molecule has 1 aliphatic heterocycles. The third-order valence-corrected chi connectivity index (χ3v) is 7.90. The fourth-order valence-electron chi connectivity index (χ4n) is 3.39. The maximum absolute atomic E-state index is 13.0. The standard InChI is InChI=1S/C20H18Cl3F3N2O3S/c21-15-4-1-5-16(22)14(15)11-32(30,31)28-8-2-3-12(10-28)19(29)27-18-9-13(20(24,25)26)6-7-17(18)23/h1,4-7,9,12H,2-3,8,10-11H2,(H,27,29)/t12-/m0/s1. The molecule has 2 aromatic rings. The molecule has 3 rings (SSSR count). The molecule has 1 fully saturated rings. The van der Waals surface area contributed by atoms with Gasteiger partial charge in [-0.15, -0.1) is 0 Å². The molecule has 0 bridgehead atoms. The van der Waals surface area contributed by atoms with Crippen molar-refractivity contribution in [3.63, 3.8) is 0 Å². The quantitative estimate of drug-likeness (QED) is 0.529. The van der Waals surface area contributed by atoms with Gasteiger partial charge in [0, 0.05) is 28.7 Å². The van der Waals surface area contributed by atoms with Crippen LogP contribution in [0.15, 0.2) is 36.4 Å². The van der Waals surface area contributed by atoms with Gasteiger partial charge in [0.25, 0.3) is 0 Å². The van der Waals surface area contributed by atoms with Crippen molar-refractivity contribution in [2.75, 3.05) is 18.4 Å². The third-order valence-electron chi connectivity index (χ3n) is 5.09. The zero-order valence-corrected chi connectivity index (χ0v) is 19.5. The summed E-state index contributed by atoms with van der Waals surface area (Å²) in [7, 11) is -3.85. The van der Waals surface area contributed by atoms with Crippen LogP contribution in [0, 0.1) is 5.92 Å². The van der Waals surface area contributed by atoms with Gasteiger partial charge in [0.1, 0.15) is 0 Å². The number of hydrogen-bond acceptors (Lipinski definition) is 3. The van der Waals surface area contributed by atoms with Crippen LogP contribution in [0.3, 0.4) is 0 Å². The molecule has 1 amide bonds. The first-order valence-electron chi connectivity index (χ1n) is 9.47. The number of amides is 1. The number of piperidine rings is 1. The SMILES string of the molecule is O=C(Nc1cc(C(F)(F)F)ccc1Cl)[C@H]1CCCN(S(=O)(=O)Cc2c(Cl)cccc2Cl)C1. The van der Waals surface area contributed by atoms with Gasteiger partial charge < -0.3 is 5.32 Å². The van der Waals surface area contributed by atoms with Crippen molar-refractivity contribution in [2.24, 2.45) is 5.92 Å². The molecule has 1 heterocycles. The molecule has 0 spiro atoms. The number of hydrogen-bond donors (Lipinski definition) is 1. The minimum atomic E-state index is -4.60. The Morgan fingerprint density at radius 3 is 2.38 bits per heavy atom. The molecule has 12 heteroatoms. The smallest absolute Gasteiger partial charge is 0.324 e. The Balaban J connectivity index is 1.74. The van der Waals surface area contributed by atoms with Gasteiger partial charge in [-0.3, -0.25) is 4.79 Å². The predicted molar refractivity (Wildman–Crippen MR) is 118 cm³/mol. The number of rotatable bonds is 5. The van der Waals surface area contributed by atoms with E-state index in [1.165, 1.54) is 16.4 Å². The summed E-state index contributed by atoms with van der Waals surface area (Å²) in [5, 5.41) is 2.77. The topological polar surface area (TPSA) is 66.5 Å². The Bertz CT molecular complexity index is 1110. The van der Waals surface area contributed by atoms with Gasteiger partial charge in [0.05, 0.1) is 27.9 Å². The van der Waals surface area contributed by atoms with Gasteiger partial charge in [-0.25, -0.2) is 12.7 Å². The van der Waals surface area contributed by atoms with E-state index in [2.05, 4.69) is 5.32 Å². The van der Waals surface area contributed by atoms with E-state index < -0.39 is 39.3 Å². The van der Waals surface area contributed by atoms with Crippen molar-refractivity contribution >= 4 is 56.4 Å². The van der Waals surface area contributed by atoms with Crippen molar-refractivity contribution in [2.45, 2.75) is 24.8 Å². The van der Waals surface area contributed by atoms with Gasteiger partial charge in [0.2, 0.25) is 15.9 Å². The Hall–Kier alpha value is -1.52. The highest BCUT2D eigenvalue weighted by Gasteiger charge is 2.34. The fraction of sp³-hybridized carbons (Fsp3) is 0.350. The zero-order chi connectivity index (χ0) is 23.7. The van der Waals surface area contributed by atoms with Gasteiger partial charge in [-0.1, -0.05) is 40.9 Å². The largest absolute Gasteiger partial charge is 0.416 e. The number of nitrogens with one attached hydrogen (secondary N) is 1. The lowest BCUT2D eigenvalue weighted by Crippen LogP contribution is -2.44. The normalized spacial score (nSPS) is 17.9. The van der Waals surface area contributed by atoms with E-state index in [1.54, 1.807) is 6.07 Å². The number of sulfonamides is 1. The Morgan fingerprint density at radius 1 is 1.09 bits per heavy atom. The lowest BCUT2D eigenvalue weighted by Gasteiger charge is -2.31. The van der Waals surface area contributed by atoms with Crippen molar-refractivity contribution in [3.8, 4) is 0 Å². The van der Waals surface area contributed by atoms with Gasteiger partial charge in [0.15, 0.2) is 0 Å². The van der Waals surface area contributed by atoms with Crippen LogP contribution in [0.4, 0.5) is 18.9 Å². The number of anilines is 1. The molecule has 174 valence electrons. The average Bonchev–Trinajstić information content (AvgIpc) is 2.71. The molecule has 1 N–H and O–H groups in total. The second-order valence-electron chi connectivity index (χ2n) is 7.34. The molecule has 0 saturated carbocycles. The molecule has 0 aromatic heterocycles. The Labute approximate surface area is 198 Å². The Kier molecular flexibility index (Phi) is 7.66. The molecular weight excluding hydrogens is 512 g/mol. The van der Waals surface area contributed by atoms with E-state index in [9.17, 15) is 26.4 Å². The molecule has 0 radical (unpaired) electrons. The van der Waals surface area contributed by atoms with Crippen LogP contribution in [-0.2, 0) is 26.7 Å². The predicted octanol–water partition coefficient (Wildman–Crippen LogP) is 5.85. The number of carbonyl (C=O) groups excluding carboxylic acids is 1. The molecule has 0 unspecified atom stereocenters. The summed E-state index contributed by atoms with van der Waals surface area (Å²) in [5.74, 6) is -1.80. The zero-order valence-electron chi connectivity index (χ0n) is 16.4. The summed E-state index contributed by atoms with van der Waals surface area (Å²) >= 11 is 18.1. The van der Waals surface area contributed by atoms with Crippen LogP contribution in [0.25, 0.3) is 0 Å². The summed E-state index contributed by atoms with van der Waals surface area (Å²) in [6.45, 7) is 0.0886. The number of nitrogens with zero attached hydrogens (tertiary/aromatic N) is 1. The number of benzene rings is 2. The van der Waals surface area contributed by atoms with Gasteiger partial charge in [-0.05, 0) is 43.2 Å². The van der Waals surface area contributed by atoms with Gasteiger partial charge >= 0.3 is 6.18 Å². The first-order chi connectivity index (χ1) is 14.9. The number of carbonyl (C=O) groups is 1. The minimum Gasteiger partial charge on any atom is -0.324 e. The second-order valence-corrected chi connectivity index (χ2v) is 10.5. The first kappa shape index (κ1) is 25.1. The fourth-order valence-corrected chi connectivity index (χ4v) is 5.91. The van der Waals surface area contributed by atoms with E-state index in [0.717, 1.165) is 18.2 Å². The van der Waals surface area contributed by atoms with Crippen molar-refractivity contribution in [1.82, 2.24) is 4.31 Å². The highest BCUT2D eigenvalue weighted by atomic mass is 35.5. The summed E-state index contributed by atoms with van der Waals surface area (Å²) in [6.07, 6.45) is -3.81. The van der Waals surface area contributed by atoms with E-state index in [1.807, 2.05) is 0 Å². The first-order valence-corrected chi connectivity index (χ1v) is 12.2. The molecule has 1 aliphatic rings. The molecule has 5 nitrogen and oxygen atoms in total. The lowest BCUT2D eigenvalue weighted by atomic mass is 9.98. The number of alkyl halides is 3. The van der Waals surface area contributed by atoms with Crippen LogP contribution in [0.2, 0.25) is 15.1 Å². The summed E-state index contributed by atoms with van der Waals surface area (Å²) in [4.78, 5) is 12.7. The van der Waals surface area contributed by atoms with Crippen LogP contribution >= 0.6 is 34.8 Å². The maximum Gasteiger partial charge on any atom is 0.416 e. The monoisotopic (exact) mass is 528 g/mol. The highest BCUT2D eigenvalue weighted by Crippen LogP contribution is 2.34. The van der Waals surface area contributed by atoms with Gasteiger partial charge in [-0.2, -0.15) is 13.2 Å². The van der Waals surface area contributed by atoms with Crippen LogP contribution < -0.4 is 5.32 Å². The average molecular weight is 530 g/mol. The molecular formula is C20H18Cl3F3N2O3S. The van der Waals surface area contributed by atoms with E-state index in [-0.39, 0.29) is 39.4 Å². The third kappa shape index (κ3) is 5.88. The van der Waals surface area contributed by atoms with Crippen molar-refractivity contribution in [1.29, 1.82) is 0 Å². The molecule has 2 aromatic carbocycles. The molecule has 32 heavy (non-hydrogen) atoms. The maximum atomic E-state index is 13.0. The van der Waals surface area contributed by atoms with Crippen molar-refractivity contribution < 1.29 is 26.4 Å². The van der Waals surface area contributed by atoms with E-state index in [4.69, 9.17) is 34.8 Å². The summed E-state index contributed by atoms with van der Waals surface area (Å²) in [5.41, 5.74) is -0.880. The summed E-state index contributed by atoms with van der Waals surface area (Å²) < 4.78 is 65.9. The summed E-state index contributed by atoms with van der Waals surface area (Å²) in [6, 6.07) is 7.27. The lowest BCUT2D eigenvalue weighted by molar-refractivity contribution is -0.137. The highest BCUT2D eigenvalue weighted by molar-refractivity contribution is 7.88.